The second kappa shape index (κ2) is 6.67. The van der Waals surface area contributed by atoms with Crippen LogP contribution in [0.2, 0.25) is 0 Å². The average Bonchev–Trinajstić information content (AvgIpc) is 2.57. The van der Waals surface area contributed by atoms with Crippen LogP contribution in [0.25, 0.3) is 16.8 Å². The highest BCUT2D eigenvalue weighted by Gasteiger charge is 2.26. The third-order valence-electron chi connectivity index (χ3n) is 3.14. The summed E-state index contributed by atoms with van der Waals surface area (Å²) in [5.41, 5.74) is 0.265. The average molecular weight is 298 g/mol. The van der Waals surface area contributed by atoms with Crippen LogP contribution in [0.5, 0.6) is 0 Å². The fourth-order valence-corrected chi connectivity index (χ4v) is 2.06. The summed E-state index contributed by atoms with van der Waals surface area (Å²) < 4.78 is 8.95. The van der Waals surface area contributed by atoms with Crippen molar-refractivity contribution in [3.63, 3.8) is 0 Å². The monoisotopic (exact) mass is 298 g/mol. The molecular weight excluding hydrogens is 284 g/mol. The number of rotatable bonds is 4. The zero-order valence-electron chi connectivity index (χ0n) is 12.2. The predicted octanol–water partition coefficient (Wildman–Crippen LogP) is 2.14. The lowest BCUT2D eigenvalue weighted by Crippen LogP contribution is -2.23. The van der Waals surface area contributed by atoms with Gasteiger partial charge in [0.15, 0.2) is 0 Å². The summed E-state index contributed by atoms with van der Waals surface area (Å²) in [6, 6.07) is 13.0. The van der Waals surface area contributed by atoms with Crippen LogP contribution in [0.1, 0.15) is 5.56 Å². The van der Waals surface area contributed by atoms with Crippen LogP contribution in [-0.2, 0) is 23.9 Å². The Kier molecular flexibility index (Phi) is 4.68. The minimum atomic E-state index is -1.11. The van der Waals surface area contributed by atoms with E-state index >= 15 is 0 Å². The molecule has 0 saturated heterocycles. The standard InChI is InChI=1S/C17H14O5/c1-21-16(19)14(15(18)17(20)22-2)10-12-8-5-7-11-6-3-4-9-13(11)12/h3-10H,1-2H3/b14-10-. The van der Waals surface area contributed by atoms with Gasteiger partial charge in [0.1, 0.15) is 5.57 Å². The van der Waals surface area contributed by atoms with E-state index in [4.69, 9.17) is 0 Å². The number of benzene rings is 2. The SMILES string of the molecule is COC(=O)C(=O)/C(=C/c1cccc2ccccc12)C(=O)OC. The predicted molar refractivity (Wildman–Crippen MR) is 81.0 cm³/mol. The van der Waals surface area contributed by atoms with Crippen LogP contribution in [-0.4, -0.2) is 31.9 Å². The van der Waals surface area contributed by atoms with E-state index in [1.165, 1.54) is 6.08 Å². The highest BCUT2D eigenvalue weighted by molar-refractivity contribution is 6.47. The van der Waals surface area contributed by atoms with Gasteiger partial charge in [-0.25, -0.2) is 9.59 Å². The molecule has 2 rings (SSSR count). The van der Waals surface area contributed by atoms with Crippen molar-refractivity contribution < 1.29 is 23.9 Å². The highest BCUT2D eigenvalue weighted by atomic mass is 16.5. The van der Waals surface area contributed by atoms with E-state index in [-0.39, 0.29) is 5.57 Å². The Morgan fingerprint density at radius 1 is 0.864 bits per heavy atom. The topological polar surface area (TPSA) is 69.7 Å². The van der Waals surface area contributed by atoms with Crippen LogP contribution in [0.15, 0.2) is 48.0 Å². The summed E-state index contributed by atoms with van der Waals surface area (Å²) in [7, 11) is 2.22. The smallest absolute Gasteiger partial charge is 0.379 e. The van der Waals surface area contributed by atoms with Gasteiger partial charge in [0.05, 0.1) is 14.2 Å². The van der Waals surface area contributed by atoms with Crippen molar-refractivity contribution in [3.8, 4) is 0 Å². The first kappa shape index (κ1) is 15.4. The van der Waals surface area contributed by atoms with Gasteiger partial charge in [-0.3, -0.25) is 4.79 Å². The maximum atomic E-state index is 12.0. The molecule has 0 unspecified atom stereocenters. The number of carbonyl (C=O) groups excluding carboxylic acids is 3. The van der Waals surface area contributed by atoms with Crippen LogP contribution in [0, 0.1) is 0 Å². The summed E-state index contributed by atoms with van der Waals surface area (Å²) in [6.07, 6.45) is 1.34. The van der Waals surface area contributed by atoms with Gasteiger partial charge in [0.25, 0.3) is 5.78 Å². The van der Waals surface area contributed by atoms with E-state index in [0.717, 1.165) is 25.0 Å². The molecule has 2 aromatic rings. The van der Waals surface area contributed by atoms with Gasteiger partial charge >= 0.3 is 11.9 Å². The molecule has 0 fully saturated rings. The van der Waals surface area contributed by atoms with Crippen molar-refractivity contribution in [2.24, 2.45) is 0 Å². The normalized spacial score (nSPS) is 11.1. The Morgan fingerprint density at radius 2 is 1.50 bits per heavy atom. The molecule has 0 bridgehead atoms. The van der Waals surface area contributed by atoms with Crippen molar-refractivity contribution in [1.82, 2.24) is 0 Å². The van der Waals surface area contributed by atoms with E-state index < -0.39 is 17.7 Å². The number of methoxy groups -OCH3 is 2. The molecule has 2 aromatic carbocycles. The molecule has 112 valence electrons. The maximum Gasteiger partial charge on any atom is 0.379 e. The molecule has 0 saturated carbocycles. The highest BCUT2D eigenvalue weighted by Crippen LogP contribution is 2.21. The van der Waals surface area contributed by atoms with Gasteiger partial charge < -0.3 is 9.47 Å². The van der Waals surface area contributed by atoms with Gasteiger partial charge in [-0.05, 0) is 22.4 Å². The third kappa shape index (κ3) is 3.03. The van der Waals surface area contributed by atoms with Crippen LogP contribution < -0.4 is 0 Å². The van der Waals surface area contributed by atoms with Crippen LogP contribution in [0.3, 0.4) is 0 Å². The second-order valence-electron chi connectivity index (χ2n) is 4.44. The maximum absolute atomic E-state index is 12.0. The number of esters is 2. The van der Waals surface area contributed by atoms with Gasteiger partial charge in [-0.1, -0.05) is 42.5 Å². The van der Waals surface area contributed by atoms with E-state index in [0.29, 0.717) is 5.56 Å². The first-order valence-electron chi connectivity index (χ1n) is 6.49. The number of ketones is 1. The van der Waals surface area contributed by atoms with Crippen molar-refractivity contribution in [1.29, 1.82) is 0 Å². The number of carbonyl (C=O) groups is 3. The first-order chi connectivity index (χ1) is 10.6. The number of fused-ring (bicyclic) bond motifs is 1. The molecule has 0 aliphatic heterocycles. The lowest BCUT2D eigenvalue weighted by Gasteiger charge is -2.06. The Morgan fingerprint density at radius 3 is 2.18 bits per heavy atom. The van der Waals surface area contributed by atoms with E-state index in [1.807, 2.05) is 30.3 Å². The fraction of sp³-hybridized carbons (Fsp3) is 0.118. The molecule has 22 heavy (non-hydrogen) atoms. The molecule has 0 aliphatic carbocycles. The lowest BCUT2D eigenvalue weighted by atomic mass is 10.0. The molecule has 0 radical (unpaired) electrons. The molecule has 5 nitrogen and oxygen atoms in total. The number of hydrogen-bond donors (Lipinski definition) is 0. The zero-order chi connectivity index (χ0) is 16.1. The summed E-state index contributed by atoms with van der Waals surface area (Å²) in [4.78, 5) is 35.2. The van der Waals surface area contributed by atoms with Crippen molar-refractivity contribution in [3.05, 3.63) is 53.6 Å². The quantitative estimate of drug-likeness (QED) is 0.284. The molecule has 5 heteroatoms. The summed E-state index contributed by atoms with van der Waals surface area (Å²) in [5, 5.41) is 1.80. The van der Waals surface area contributed by atoms with Crippen molar-refractivity contribution in [2.75, 3.05) is 14.2 Å². The Balaban J connectivity index is 2.59. The molecule has 0 N–H and O–H groups in total. The van der Waals surface area contributed by atoms with Crippen LogP contribution >= 0.6 is 0 Å². The lowest BCUT2D eigenvalue weighted by molar-refractivity contribution is -0.151. The van der Waals surface area contributed by atoms with Gasteiger partial charge in [-0.15, -0.1) is 0 Å². The summed E-state index contributed by atoms with van der Waals surface area (Å²) in [5.74, 6) is -3.04. The summed E-state index contributed by atoms with van der Waals surface area (Å²) in [6.45, 7) is 0. The fourth-order valence-electron chi connectivity index (χ4n) is 2.06. The minimum Gasteiger partial charge on any atom is -0.465 e. The van der Waals surface area contributed by atoms with E-state index in [2.05, 4.69) is 9.47 Å². The summed E-state index contributed by atoms with van der Waals surface area (Å²) >= 11 is 0. The Labute approximate surface area is 127 Å². The molecule has 0 spiro atoms. The Bertz CT molecular complexity index is 768. The molecule has 0 aliphatic rings. The van der Waals surface area contributed by atoms with E-state index in [9.17, 15) is 14.4 Å². The molecule has 0 aromatic heterocycles. The van der Waals surface area contributed by atoms with Gasteiger partial charge in [0.2, 0.25) is 0 Å². The van der Waals surface area contributed by atoms with Crippen molar-refractivity contribution >= 4 is 34.6 Å². The Hall–Kier alpha value is -2.95. The number of ether oxygens (including phenoxy) is 2. The third-order valence-corrected chi connectivity index (χ3v) is 3.14. The van der Waals surface area contributed by atoms with E-state index in [1.54, 1.807) is 12.1 Å². The zero-order valence-corrected chi connectivity index (χ0v) is 12.2. The largest absolute Gasteiger partial charge is 0.465 e. The minimum absolute atomic E-state index is 0.370. The molecular formula is C17H14O5. The molecule has 0 amide bonds. The number of hydrogen-bond acceptors (Lipinski definition) is 5. The molecule has 0 heterocycles. The van der Waals surface area contributed by atoms with Crippen molar-refractivity contribution in [2.45, 2.75) is 0 Å². The van der Waals surface area contributed by atoms with Crippen LogP contribution in [0.4, 0.5) is 0 Å². The first-order valence-corrected chi connectivity index (χ1v) is 6.49. The molecule has 0 atom stereocenters. The number of Topliss-reactive ketones (excluding diaryl/α,β-unsaturated/α-hetero) is 1. The van der Waals surface area contributed by atoms with Gasteiger partial charge in [-0.2, -0.15) is 0 Å². The second-order valence-corrected chi connectivity index (χ2v) is 4.44. The van der Waals surface area contributed by atoms with Gasteiger partial charge in [0, 0.05) is 0 Å².